The quantitative estimate of drug-likeness (QED) is 0.491. The van der Waals surface area contributed by atoms with Crippen LogP contribution >= 0.6 is 11.3 Å². The van der Waals surface area contributed by atoms with Crippen LogP contribution in [0.4, 0.5) is 0 Å². The summed E-state index contributed by atoms with van der Waals surface area (Å²) in [7, 11) is 0. The molecule has 0 aliphatic rings. The zero-order valence-electron chi connectivity index (χ0n) is 5.65. The fraction of sp³-hybridized carbons (Fsp3) is 0.333. The summed E-state index contributed by atoms with van der Waals surface area (Å²) in [6.45, 7) is 2.49. The number of oxime groups is 1. The van der Waals surface area contributed by atoms with Crippen molar-refractivity contribution in [3.8, 4) is 0 Å². The van der Waals surface area contributed by atoms with Crippen molar-refractivity contribution in [3.05, 3.63) is 16.6 Å². The van der Waals surface area contributed by atoms with E-state index in [1.807, 2.05) is 12.3 Å². The number of rotatable bonds is 3. The Hall–Kier alpha value is -0.900. The van der Waals surface area contributed by atoms with Gasteiger partial charge in [0.25, 0.3) is 0 Å². The molecule has 0 unspecified atom stereocenters. The van der Waals surface area contributed by atoms with Gasteiger partial charge in [-0.25, -0.2) is 4.98 Å². The second-order valence-electron chi connectivity index (χ2n) is 1.57. The van der Waals surface area contributed by atoms with Crippen LogP contribution in [0.25, 0.3) is 0 Å². The third kappa shape index (κ3) is 2.14. The van der Waals surface area contributed by atoms with Gasteiger partial charge in [-0.3, -0.25) is 0 Å². The zero-order valence-corrected chi connectivity index (χ0v) is 6.47. The average molecular weight is 156 g/mol. The molecule has 54 valence electrons. The van der Waals surface area contributed by atoms with Crippen molar-refractivity contribution in [1.82, 2.24) is 4.98 Å². The van der Waals surface area contributed by atoms with Crippen LogP contribution in [0.5, 0.6) is 0 Å². The molecular formula is C6H8N2OS. The molecule has 3 nitrogen and oxygen atoms in total. The average Bonchev–Trinajstić information content (AvgIpc) is 2.41. The standard InChI is InChI=1S/C6H8N2OS/c1-2-9-8-3-6-4-10-5-7-6/h3-5H,2H2,1H3. The first-order valence-corrected chi connectivity index (χ1v) is 3.91. The molecule has 0 aromatic carbocycles. The molecule has 0 fully saturated rings. The van der Waals surface area contributed by atoms with E-state index in [1.165, 1.54) is 11.3 Å². The third-order valence-electron chi connectivity index (χ3n) is 0.840. The SMILES string of the molecule is CCON=Cc1cscn1. The Morgan fingerprint density at radius 3 is 3.40 bits per heavy atom. The lowest BCUT2D eigenvalue weighted by Crippen LogP contribution is -1.82. The summed E-state index contributed by atoms with van der Waals surface area (Å²) in [5.41, 5.74) is 2.60. The van der Waals surface area contributed by atoms with Crippen molar-refractivity contribution < 1.29 is 4.84 Å². The van der Waals surface area contributed by atoms with E-state index >= 15 is 0 Å². The second kappa shape index (κ2) is 4.00. The first-order valence-electron chi connectivity index (χ1n) is 2.97. The highest BCUT2D eigenvalue weighted by molar-refractivity contribution is 7.07. The van der Waals surface area contributed by atoms with Crippen LogP contribution in [0, 0.1) is 0 Å². The summed E-state index contributed by atoms with van der Waals surface area (Å²) in [6.07, 6.45) is 1.60. The molecule has 4 heteroatoms. The zero-order chi connectivity index (χ0) is 7.23. The summed E-state index contributed by atoms with van der Waals surface area (Å²) in [4.78, 5) is 8.72. The Morgan fingerprint density at radius 2 is 2.80 bits per heavy atom. The summed E-state index contributed by atoms with van der Waals surface area (Å²) < 4.78 is 0. The van der Waals surface area contributed by atoms with Gasteiger partial charge in [0.2, 0.25) is 0 Å². The van der Waals surface area contributed by atoms with E-state index in [-0.39, 0.29) is 0 Å². The van der Waals surface area contributed by atoms with Crippen LogP contribution in [0.15, 0.2) is 16.0 Å². The van der Waals surface area contributed by atoms with Gasteiger partial charge >= 0.3 is 0 Å². The molecule has 0 N–H and O–H groups in total. The first-order chi connectivity index (χ1) is 4.93. The Morgan fingerprint density at radius 1 is 1.90 bits per heavy atom. The summed E-state index contributed by atoms with van der Waals surface area (Å²) in [6, 6.07) is 0. The van der Waals surface area contributed by atoms with Gasteiger partial charge in [-0.2, -0.15) is 0 Å². The Balaban J connectivity index is 2.40. The molecule has 0 aliphatic carbocycles. The van der Waals surface area contributed by atoms with Crippen LogP contribution in [-0.2, 0) is 4.84 Å². The normalized spacial score (nSPS) is 10.5. The van der Waals surface area contributed by atoms with E-state index in [2.05, 4.69) is 10.1 Å². The van der Waals surface area contributed by atoms with Crippen molar-refractivity contribution in [3.63, 3.8) is 0 Å². The van der Waals surface area contributed by atoms with Crippen LogP contribution in [0.1, 0.15) is 12.6 Å². The van der Waals surface area contributed by atoms with E-state index in [0.29, 0.717) is 6.61 Å². The Kier molecular flexibility index (Phi) is 2.89. The van der Waals surface area contributed by atoms with Crippen LogP contribution in [0.2, 0.25) is 0 Å². The summed E-state index contributed by atoms with van der Waals surface area (Å²) in [5, 5.41) is 5.56. The first kappa shape index (κ1) is 7.21. The topological polar surface area (TPSA) is 34.5 Å². The molecule has 1 heterocycles. The van der Waals surface area contributed by atoms with Crippen molar-refractivity contribution in [2.45, 2.75) is 6.92 Å². The van der Waals surface area contributed by atoms with Gasteiger partial charge in [0.05, 0.1) is 17.4 Å². The fourth-order valence-electron chi connectivity index (χ4n) is 0.451. The maximum atomic E-state index is 4.74. The maximum Gasteiger partial charge on any atom is 0.114 e. The molecule has 0 aliphatic heterocycles. The lowest BCUT2D eigenvalue weighted by Gasteiger charge is -1.87. The molecule has 0 saturated carbocycles. The van der Waals surface area contributed by atoms with Crippen molar-refractivity contribution in [2.24, 2.45) is 5.16 Å². The molecule has 0 amide bonds. The fourth-order valence-corrected chi connectivity index (χ4v) is 0.956. The van der Waals surface area contributed by atoms with Crippen LogP contribution < -0.4 is 0 Å². The highest BCUT2D eigenvalue weighted by Gasteiger charge is 1.85. The largest absolute Gasteiger partial charge is 0.396 e. The predicted molar refractivity (Wildman–Crippen MR) is 41.3 cm³/mol. The monoisotopic (exact) mass is 156 g/mol. The lowest BCUT2D eigenvalue weighted by atomic mass is 10.6. The van der Waals surface area contributed by atoms with E-state index in [4.69, 9.17) is 4.84 Å². The van der Waals surface area contributed by atoms with Gasteiger partial charge in [0.1, 0.15) is 6.61 Å². The highest BCUT2D eigenvalue weighted by Crippen LogP contribution is 1.96. The van der Waals surface area contributed by atoms with Gasteiger partial charge in [-0.15, -0.1) is 11.3 Å². The minimum atomic E-state index is 0.598. The molecule has 1 aromatic heterocycles. The maximum absolute atomic E-state index is 4.74. The predicted octanol–water partition coefficient (Wildman–Crippen LogP) is 1.51. The number of nitrogens with zero attached hydrogens (tertiary/aromatic N) is 2. The number of aromatic nitrogens is 1. The molecule has 1 aromatic rings. The summed E-state index contributed by atoms with van der Waals surface area (Å²) >= 11 is 1.54. The van der Waals surface area contributed by atoms with Crippen LogP contribution in [-0.4, -0.2) is 17.8 Å². The van der Waals surface area contributed by atoms with Crippen molar-refractivity contribution in [1.29, 1.82) is 0 Å². The van der Waals surface area contributed by atoms with Gasteiger partial charge < -0.3 is 4.84 Å². The van der Waals surface area contributed by atoms with E-state index in [1.54, 1.807) is 11.7 Å². The van der Waals surface area contributed by atoms with Crippen molar-refractivity contribution in [2.75, 3.05) is 6.61 Å². The molecule has 1 rings (SSSR count). The van der Waals surface area contributed by atoms with Gasteiger partial charge in [0.15, 0.2) is 0 Å². The minimum Gasteiger partial charge on any atom is -0.396 e. The van der Waals surface area contributed by atoms with Gasteiger partial charge in [0, 0.05) is 5.38 Å². The van der Waals surface area contributed by atoms with E-state index < -0.39 is 0 Å². The smallest absolute Gasteiger partial charge is 0.114 e. The van der Waals surface area contributed by atoms with Crippen molar-refractivity contribution >= 4 is 17.6 Å². The summed E-state index contributed by atoms with van der Waals surface area (Å²) in [5.74, 6) is 0. The Labute approximate surface area is 63.3 Å². The van der Waals surface area contributed by atoms with Gasteiger partial charge in [-0.1, -0.05) is 5.16 Å². The third-order valence-corrected chi connectivity index (χ3v) is 1.44. The van der Waals surface area contributed by atoms with Crippen LogP contribution in [0.3, 0.4) is 0 Å². The molecular weight excluding hydrogens is 148 g/mol. The number of hydrogen-bond donors (Lipinski definition) is 0. The molecule has 0 radical (unpaired) electrons. The van der Waals surface area contributed by atoms with Gasteiger partial charge in [-0.05, 0) is 6.92 Å². The van der Waals surface area contributed by atoms with E-state index in [9.17, 15) is 0 Å². The number of hydrogen-bond acceptors (Lipinski definition) is 4. The van der Waals surface area contributed by atoms with E-state index in [0.717, 1.165) is 5.69 Å². The molecule has 10 heavy (non-hydrogen) atoms. The molecule has 0 saturated heterocycles. The Bertz CT molecular complexity index is 196. The second-order valence-corrected chi connectivity index (χ2v) is 2.28. The lowest BCUT2D eigenvalue weighted by molar-refractivity contribution is 0.160. The minimum absolute atomic E-state index is 0.598. The molecule has 0 bridgehead atoms. The molecule has 0 atom stereocenters. The molecule has 0 spiro atoms. The highest BCUT2D eigenvalue weighted by atomic mass is 32.1. The number of thiazole rings is 1.